The summed E-state index contributed by atoms with van der Waals surface area (Å²) >= 11 is 0. The Morgan fingerprint density at radius 2 is 1.64 bits per heavy atom. The van der Waals surface area contributed by atoms with Crippen molar-refractivity contribution in [2.45, 2.75) is 44.5 Å². The number of ether oxygens (including phenoxy) is 1. The minimum Gasteiger partial charge on any atom is -0.466 e. The van der Waals surface area contributed by atoms with Gasteiger partial charge in [0.05, 0.1) is 11.8 Å². The van der Waals surface area contributed by atoms with Gasteiger partial charge < -0.3 is 4.74 Å². The molecule has 3 heterocycles. The maximum absolute atomic E-state index is 6.87. The first-order chi connectivity index (χ1) is 17.7. The lowest BCUT2D eigenvalue weighted by Gasteiger charge is -2.51. The molecule has 0 aromatic heterocycles. The monoisotopic (exact) mass is 473 g/mol. The van der Waals surface area contributed by atoms with Crippen molar-refractivity contribution in [3.63, 3.8) is 0 Å². The number of likely N-dealkylation sites (tertiary alicyclic amines) is 1. The largest absolute Gasteiger partial charge is 0.466 e. The molecule has 1 fully saturated rings. The zero-order valence-electron chi connectivity index (χ0n) is 20.7. The van der Waals surface area contributed by atoms with Crippen molar-refractivity contribution in [3.05, 3.63) is 113 Å². The van der Waals surface area contributed by atoms with E-state index >= 15 is 0 Å². The molecule has 0 N–H and O–H groups in total. The molecule has 0 aliphatic carbocycles. The van der Waals surface area contributed by atoms with Gasteiger partial charge in [0.1, 0.15) is 5.75 Å². The number of aryl methyl sites for hydroxylation is 1. The molecule has 36 heavy (non-hydrogen) atoms. The van der Waals surface area contributed by atoms with Gasteiger partial charge in [-0.2, -0.15) is 5.10 Å². The van der Waals surface area contributed by atoms with E-state index in [1.807, 2.05) is 0 Å². The molecule has 4 aromatic carbocycles. The van der Waals surface area contributed by atoms with Crippen LogP contribution in [0.15, 0.2) is 96.1 Å². The third-order valence-corrected chi connectivity index (χ3v) is 8.12. The summed E-state index contributed by atoms with van der Waals surface area (Å²) in [5, 5.41) is 10.2. The number of rotatable bonds is 3. The SMILES string of the molecule is Cc1ccc2c(c1)[C@@H]1CC(c3ccc4ccccc4c3)=NN1C1(CCN(Cc3ccccc3)CC1)O2. The summed E-state index contributed by atoms with van der Waals surface area (Å²) in [7, 11) is 0. The van der Waals surface area contributed by atoms with Gasteiger partial charge in [0, 0.05) is 44.5 Å². The number of hydrazone groups is 1. The summed E-state index contributed by atoms with van der Waals surface area (Å²) in [6, 6.07) is 32.9. The van der Waals surface area contributed by atoms with E-state index in [4.69, 9.17) is 9.84 Å². The van der Waals surface area contributed by atoms with E-state index in [9.17, 15) is 0 Å². The fourth-order valence-corrected chi connectivity index (χ4v) is 6.18. The summed E-state index contributed by atoms with van der Waals surface area (Å²) in [6.07, 6.45) is 2.80. The number of hydrogen-bond acceptors (Lipinski definition) is 4. The van der Waals surface area contributed by atoms with Gasteiger partial charge in [-0.05, 0) is 41.0 Å². The molecule has 180 valence electrons. The summed E-state index contributed by atoms with van der Waals surface area (Å²) in [5.74, 6) is 1.04. The Kier molecular flexibility index (Phi) is 5.10. The lowest BCUT2D eigenvalue weighted by molar-refractivity contribution is -0.150. The number of nitrogens with zero attached hydrogens (tertiary/aromatic N) is 3. The first kappa shape index (κ1) is 21.6. The molecule has 0 amide bonds. The fourth-order valence-electron chi connectivity index (χ4n) is 6.18. The van der Waals surface area contributed by atoms with E-state index in [1.54, 1.807) is 0 Å². The highest BCUT2D eigenvalue weighted by Gasteiger charge is 2.51. The average Bonchev–Trinajstić information content (AvgIpc) is 3.38. The Bertz CT molecular complexity index is 1450. The summed E-state index contributed by atoms with van der Waals surface area (Å²) in [4.78, 5) is 2.55. The molecule has 3 aliphatic rings. The topological polar surface area (TPSA) is 28.1 Å². The first-order valence-corrected chi connectivity index (χ1v) is 13.1. The van der Waals surface area contributed by atoms with E-state index in [0.29, 0.717) is 0 Å². The quantitative estimate of drug-likeness (QED) is 0.332. The maximum atomic E-state index is 6.87. The lowest BCUT2D eigenvalue weighted by atomic mass is 9.89. The van der Waals surface area contributed by atoms with Gasteiger partial charge in [-0.25, -0.2) is 5.01 Å². The molecule has 1 saturated heterocycles. The highest BCUT2D eigenvalue weighted by Crippen LogP contribution is 2.50. The van der Waals surface area contributed by atoms with Crippen LogP contribution < -0.4 is 4.74 Å². The van der Waals surface area contributed by atoms with Crippen molar-refractivity contribution in [3.8, 4) is 5.75 Å². The van der Waals surface area contributed by atoms with Crippen LogP contribution in [-0.2, 0) is 6.54 Å². The fraction of sp³-hybridized carbons (Fsp3) is 0.281. The van der Waals surface area contributed by atoms with Crippen LogP contribution in [0.3, 0.4) is 0 Å². The predicted octanol–water partition coefficient (Wildman–Crippen LogP) is 6.68. The molecule has 0 radical (unpaired) electrons. The molecule has 1 atom stereocenters. The molecular weight excluding hydrogens is 442 g/mol. The number of piperidine rings is 1. The second-order valence-electron chi connectivity index (χ2n) is 10.5. The van der Waals surface area contributed by atoms with Gasteiger partial charge in [-0.15, -0.1) is 0 Å². The lowest BCUT2D eigenvalue weighted by Crippen LogP contribution is -2.59. The number of fused-ring (bicyclic) bond motifs is 5. The van der Waals surface area contributed by atoms with Crippen LogP contribution in [0.2, 0.25) is 0 Å². The van der Waals surface area contributed by atoms with Gasteiger partial charge in [0.15, 0.2) is 0 Å². The maximum Gasteiger partial charge on any atom is 0.200 e. The van der Waals surface area contributed by atoms with Crippen LogP contribution in [0.25, 0.3) is 10.8 Å². The van der Waals surface area contributed by atoms with E-state index in [2.05, 4.69) is 108 Å². The van der Waals surface area contributed by atoms with Crippen molar-refractivity contribution in [2.75, 3.05) is 13.1 Å². The number of hydrogen-bond donors (Lipinski definition) is 0. The van der Waals surface area contributed by atoms with Crippen LogP contribution in [0.1, 0.15) is 47.6 Å². The second kappa shape index (κ2) is 8.49. The van der Waals surface area contributed by atoms with Crippen molar-refractivity contribution in [1.29, 1.82) is 0 Å². The smallest absolute Gasteiger partial charge is 0.200 e. The zero-order chi connectivity index (χ0) is 24.1. The van der Waals surface area contributed by atoms with Gasteiger partial charge in [-0.3, -0.25) is 4.90 Å². The number of benzene rings is 4. The Hall–Kier alpha value is -3.63. The molecule has 0 saturated carbocycles. The molecule has 1 spiro atoms. The molecule has 4 nitrogen and oxygen atoms in total. The van der Waals surface area contributed by atoms with Gasteiger partial charge in [0.25, 0.3) is 0 Å². The van der Waals surface area contributed by atoms with Crippen LogP contribution in [0.4, 0.5) is 0 Å². The standard InChI is InChI=1S/C32H31N3O/c1-23-11-14-31-28(19-23)30-21-29(27-13-12-25-9-5-6-10-26(25)20-27)33-35(30)32(36-31)15-17-34(18-16-32)22-24-7-3-2-4-8-24/h2-14,19-20,30H,15-18,21-22H2,1H3/t30-/m0/s1. The molecular formula is C32H31N3O. The second-order valence-corrected chi connectivity index (χ2v) is 10.5. The Morgan fingerprint density at radius 1 is 0.861 bits per heavy atom. The Morgan fingerprint density at radius 3 is 2.47 bits per heavy atom. The van der Waals surface area contributed by atoms with Crippen LogP contribution >= 0.6 is 0 Å². The van der Waals surface area contributed by atoms with Crippen LogP contribution in [0, 0.1) is 6.92 Å². The third kappa shape index (κ3) is 3.68. The highest BCUT2D eigenvalue weighted by molar-refractivity contribution is 6.04. The Balaban J connectivity index is 1.22. The minimum absolute atomic E-state index is 0.218. The Labute approximate surface area is 212 Å². The summed E-state index contributed by atoms with van der Waals surface area (Å²) in [6.45, 7) is 5.15. The molecule has 0 bridgehead atoms. The summed E-state index contributed by atoms with van der Waals surface area (Å²) in [5.41, 5.74) is 5.90. The van der Waals surface area contributed by atoms with E-state index < -0.39 is 5.72 Å². The molecule has 4 aromatic rings. The zero-order valence-corrected chi connectivity index (χ0v) is 20.7. The van der Waals surface area contributed by atoms with Crippen LogP contribution in [-0.4, -0.2) is 34.4 Å². The van der Waals surface area contributed by atoms with Gasteiger partial charge in [-0.1, -0.05) is 84.4 Å². The average molecular weight is 474 g/mol. The normalized spacial score (nSPS) is 20.6. The van der Waals surface area contributed by atoms with E-state index in [-0.39, 0.29) is 6.04 Å². The molecule has 0 unspecified atom stereocenters. The predicted molar refractivity (Wildman–Crippen MR) is 145 cm³/mol. The van der Waals surface area contributed by atoms with Crippen LogP contribution in [0.5, 0.6) is 5.75 Å². The molecule has 4 heteroatoms. The van der Waals surface area contributed by atoms with E-state index in [0.717, 1.165) is 50.4 Å². The first-order valence-electron chi connectivity index (χ1n) is 13.1. The van der Waals surface area contributed by atoms with Crippen molar-refractivity contribution in [1.82, 2.24) is 9.91 Å². The van der Waals surface area contributed by atoms with E-state index in [1.165, 1.54) is 33.0 Å². The van der Waals surface area contributed by atoms with Gasteiger partial charge >= 0.3 is 0 Å². The molecule has 3 aliphatic heterocycles. The third-order valence-electron chi connectivity index (χ3n) is 8.12. The van der Waals surface area contributed by atoms with Crippen molar-refractivity contribution < 1.29 is 4.74 Å². The van der Waals surface area contributed by atoms with Crippen molar-refractivity contribution >= 4 is 16.5 Å². The molecule has 7 rings (SSSR count). The summed E-state index contributed by atoms with van der Waals surface area (Å²) < 4.78 is 6.87. The van der Waals surface area contributed by atoms with Gasteiger partial charge in [0.2, 0.25) is 5.72 Å². The highest BCUT2D eigenvalue weighted by atomic mass is 16.5. The minimum atomic E-state index is -0.390. The van der Waals surface area contributed by atoms with Crippen molar-refractivity contribution in [2.24, 2.45) is 5.10 Å².